The molecule has 6 nitrogen and oxygen atoms in total. The Morgan fingerprint density at radius 2 is 1.62 bits per heavy atom. The van der Waals surface area contributed by atoms with Gasteiger partial charge in [-0.05, 0) is 30.7 Å². The zero-order chi connectivity index (χ0) is 22.3. The number of nitrogens with one attached hydrogen (secondary N) is 1. The summed E-state index contributed by atoms with van der Waals surface area (Å²) in [5.41, 5.74) is 3.71. The number of amides is 1. The lowest BCUT2D eigenvalue weighted by atomic mass is 10.0. The summed E-state index contributed by atoms with van der Waals surface area (Å²) in [5.74, 6) is 1.60. The van der Waals surface area contributed by atoms with Crippen molar-refractivity contribution >= 4 is 23.4 Å². The monoisotopic (exact) mass is 444 g/mol. The van der Waals surface area contributed by atoms with Crippen molar-refractivity contribution in [2.24, 2.45) is 0 Å². The van der Waals surface area contributed by atoms with Gasteiger partial charge in [0.2, 0.25) is 5.91 Å². The van der Waals surface area contributed by atoms with Gasteiger partial charge in [0.05, 0.1) is 18.4 Å². The molecule has 0 aliphatic heterocycles. The lowest BCUT2D eigenvalue weighted by Gasteiger charge is -2.12. The molecule has 3 aromatic carbocycles. The van der Waals surface area contributed by atoms with Gasteiger partial charge in [-0.25, -0.2) is 0 Å². The van der Waals surface area contributed by atoms with Crippen molar-refractivity contribution in [2.75, 3.05) is 18.2 Å². The quantitative estimate of drug-likeness (QED) is 0.370. The maximum Gasteiger partial charge on any atom is 0.234 e. The molecule has 0 unspecified atom stereocenters. The molecular weight excluding hydrogens is 420 g/mol. The number of nitrogens with zero attached hydrogens (tertiary/aromatic N) is 3. The van der Waals surface area contributed by atoms with E-state index >= 15 is 0 Å². The van der Waals surface area contributed by atoms with Crippen LogP contribution in [0, 0.1) is 0 Å². The van der Waals surface area contributed by atoms with Crippen molar-refractivity contribution in [3.05, 3.63) is 78.9 Å². The van der Waals surface area contributed by atoms with E-state index < -0.39 is 0 Å². The summed E-state index contributed by atoms with van der Waals surface area (Å²) in [6.45, 7) is 2.71. The van der Waals surface area contributed by atoms with Gasteiger partial charge in [-0.3, -0.25) is 4.79 Å². The normalized spacial score (nSPS) is 10.7. The summed E-state index contributed by atoms with van der Waals surface area (Å²) in [5, 5.41) is 12.4. The number of hydrogen-bond acceptors (Lipinski definition) is 5. The highest BCUT2D eigenvalue weighted by atomic mass is 32.2. The van der Waals surface area contributed by atoms with E-state index in [4.69, 9.17) is 4.74 Å². The minimum Gasteiger partial charge on any atom is -0.496 e. The first-order valence-corrected chi connectivity index (χ1v) is 11.3. The maximum atomic E-state index is 12.7. The predicted octanol–water partition coefficient (Wildman–Crippen LogP) is 5.37. The number of thioether (sulfide) groups is 1. The van der Waals surface area contributed by atoms with Crippen LogP contribution in [0.4, 0.5) is 5.69 Å². The van der Waals surface area contributed by atoms with E-state index in [0.717, 1.165) is 34.0 Å². The van der Waals surface area contributed by atoms with E-state index in [1.54, 1.807) is 7.11 Å². The van der Waals surface area contributed by atoms with Crippen LogP contribution in [0.2, 0.25) is 0 Å². The van der Waals surface area contributed by atoms with E-state index in [0.29, 0.717) is 11.7 Å². The first-order chi connectivity index (χ1) is 15.7. The topological polar surface area (TPSA) is 69.0 Å². The Hall–Kier alpha value is -3.58. The van der Waals surface area contributed by atoms with Gasteiger partial charge in [-0.1, -0.05) is 72.4 Å². The van der Waals surface area contributed by atoms with E-state index in [-0.39, 0.29) is 11.7 Å². The molecular formula is C25H24N4O2S. The number of ether oxygens (including phenoxy) is 1. The largest absolute Gasteiger partial charge is 0.496 e. The van der Waals surface area contributed by atoms with Gasteiger partial charge in [0.25, 0.3) is 0 Å². The molecule has 0 radical (unpaired) electrons. The van der Waals surface area contributed by atoms with Crippen molar-refractivity contribution in [1.82, 2.24) is 14.8 Å². The first-order valence-electron chi connectivity index (χ1n) is 10.3. The van der Waals surface area contributed by atoms with Gasteiger partial charge in [-0.2, -0.15) is 0 Å². The number of anilines is 1. The summed E-state index contributed by atoms with van der Waals surface area (Å²) in [7, 11) is 1.64. The van der Waals surface area contributed by atoms with Gasteiger partial charge in [0, 0.05) is 17.8 Å². The standard InChI is InChI=1S/C25H24N4O2S/c1-3-29-24(20-14-8-10-16-22(20)31-2)27-28-25(29)32-17-23(30)26-21-15-9-7-13-19(21)18-11-5-4-6-12-18/h4-16H,3,17H2,1-2H3,(H,26,30). The van der Waals surface area contributed by atoms with Gasteiger partial charge in [0.1, 0.15) is 5.75 Å². The van der Waals surface area contributed by atoms with Crippen LogP contribution in [0.3, 0.4) is 0 Å². The molecule has 0 saturated carbocycles. The maximum absolute atomic E-state index is 12.7. The van der Waals surface area contributed by atoms with Crippen LogP contribution in [-0.4, -0.2) is 33.5 Å². The molecule has 7 heteroatoms. The average molecular weight is 445 g/mol. The SMILES string of the molecule is CCn1c(SCC(=O)Nc2ccccc2-c2ccccc2)nnc1-c1ccccc1OC. The second-order valence-corrected chi connectivity index (χ2v) is 7.94. The highest BCUT2D eigenvalue weighted by molar-refractivity contribution is 7.99. The van der Waals surface area contributed by atoms with Crippen molar-refractivity contribution < 1.29 is 9.53 Å². The molecule has 1 amide bonds. The number of para-hydroxylation sites is 2. The third-order valence-electron chi connectivity index (χ3n) is 5.00. The number of hydrogen-bond donors (Lipinski definition) is 1. The van der Waals surface area contributed by atoms with Gasteiger partial charge < -0.3 is 14.6 Å². The predicted molar refractivity (Wildman–Crippen MR) is 129 cm³/mol. The second kappa shape index (κ2) is 10.2. The van der Waals surface area contributed by atoms with E-state index in [2.05, 4.69) is 15.5 Å². The average Bonchev–Trinajstić information content (AvgIpc) is 3.26. The van der Waals surface area contributed by atoms with Crippen molar-refractivity contribution in [1.29, 1.82) is 0 Å². The number of rotatable bonds is 8. The molecule has 0 bridgehead atoms. The van der Waals surface area contributed by atoms with Crippen molar-refractivity contribution in [2.45, 2.75) is 18.6 Å². The van der Waals surface area contributed by atoms with Gasteiger partial charge in [0.15, 0.2) is 11.0 Å². The third-order valence-corrected chi connectivity index (χ3v) is 5.97. The molecule has 1 aromatic heterocycles. The first kappa shape index (κ1) is 21.6. The summed E-state index contributed by atoms with van der Waals surface area (Å²) in [4.78, 5) is 12.7. The molecule has 0 fully saturated rings. The van der Waals surface area contributed by atoms with Crippen LogP contribution in [0.15, 0.2) is 84.0 Å². The lowest BCUT2D eigenvalue weighted by molar-refractivity contribution is -0.113. The fourth-order valence-corrected chi connectivity index (χ4v) is 4.29. The molecule has 0 saturated heterocycles. The molecule has 4 rings (SSSR count). The summed E-state index contributed by atoms with van der Waals surface area (Å²) < 4.78 is 7.46. The van der Waals surface area contributed by atoms with E-state index in [9.17, 15) is 4.79 Å². The van der Waals surface area contributed by atoms with Crippen LogP contribution in [-0.2, 0) is 11.3 Å². The Labute approximate surface area is 191 Å². The Bertz CT molecular complexity index is 1210. The Morgan fingerprint density at radius 3 is 2.38 bits per heavy atom. The molecule has 1 heterocycles. The number of carbonyl (C=O) groups excluding carboxylic acids is 1. The summed E-state index contributed by atoms with van der Waals surface area (Å²) in [6, 6.07) is 25.5. The van der Waals surface area contributed by atoms with Crippen molar-refractivity contribution in [3.63, 3.8) is 0 Å². The zero-order valence-corrected chi connectivity index (χ0v) is 18.8. The van der Waals surface area contributed by atoms with Crippen LogP contribution >= 0.6 is 11.8 Å². The number of methoxy groups -OCH3 is 1. The van der Waals surface area contributed by atoms with Gasteiger partial charge >= 0.3 is 0 Å². The molecule has 4 aromatic rings. The van der Waals surface area contributed by atoms with Crippen LogP contribution in [0.5, 0.6) is 5.75 Å². The fourth-order valence-electron chi connectivity index (χ4n) is 3.49. The molecule has 0 atom stereocenters. The highest BCUT2D eigenvalue weighted by Crippen LogP contribution is 2.31. The zero-order valence-electron chi connectivity index (χ0n) is 18.0. The van der Waals surface area contributed by atoms with Gasteiger partial charge in [-0.15, -0.1) is 10.2 Å². The minimum absolute atomic E-state index is 0.0946. The molecule has 162 valence electrons. The Kier molecular flexibility index (Phi) is 6.87. The highest BCUT2D eigenvalue weighted by Gasteiger charge is 2.17. The number of carbonyl (C=O) groups is 1. The van der Waals surface area contributed by atoms with Crippen LogP contribution in [0.1, 0.15) is 6.92 Å². The Morgan fingerprint density at radius 1 is 0.938 bits per heavy atom. The number of aromatic nitrogens is 3. The second-order valence-electron chi connectivity index (χ2n) is 7.00. The Balaban J connectivity index is 1.49. The smallest absolute Gasteiger partial charge is 0.234 e. The van der Waals surface area contributed by atoms with E-state index in [1.165, 1.54) is 11.8 Å². The molecule has 0 aliphatic rings. The summed E-state index contributed by atoms with van der Waals surface area (Å²) >= 11 is 1.37. The van der Waals surface area contributed by atoms with Crippen molar-refractivity contribution in [3.8, 4) is 28.3 Å². The summed E-state index contributed by atoms with van der Waals surface area (Å²) in [6.07, 6.45) is 0. The fraction of sp³-hybridized carbons (Fsp3) is 0.160. The third kappa shape index (κ3) is 4.68. The lowest BCUT2D eigenvalue weighted by Crippen LogP contribution is -2.15. The molecule has 0 spiro atoms. The number of benzene rings is 3. The molecule has 1 N–H and O–H groups in total. The molecule has 0 aliphatic carbocycles. The molecule has 32 heavy (non-hydrogen) atoms. The van der Waals surface area contributed by atoms with Crippen LogP contribution in [0.25, 0.3) is 22.5 Å². The van der Waals surface area contributed by atoms with E-state index in [1.807, 2.05) is 90.4 Å². The van der Waals surface area contributed by atoms with Crippen LogP contribution < -0.4 is 10.1 Å². The minimum atomic E-state index is -0.0946.